The first-order valence-electron chi connectivity index (χ1n) is 18.8. The number of rotatable bonds is 10. The Balaban J connectivity index is 1.34. The van der Waals surface area contributed by atoms with E-state index in [1.807, 2.05) is 11.8 Å². The summed E-state index contributed by atoms with van der Waals surface area (Å²) in [5.74, 6) is -1.28. The van der Waals surface area contributed by atoms with Gasteiger partial charge in [0.25, 0.3) is 0 Å². The quantitative estimate of drug-likeness (QED) is 0.164. The number of fused-ring (bicyclic) bond motifs is 3. The summed E-state index contributed by atoms with van der Waals surface area (Å²) < 4.78 is 64.4. The zero-order chi connectivity index (χ0) is 38.1. The van der Waals surface area contributed by atoms with Crippen LogP contribution in [0.3, 0.4) is 0 Å². The highest BCUT2D eigenvalue weighted by atomic mass is 19.1. The topological polar surface area (TPSA) is 110 Å². The number of carbonyl (C=O) groups is 2. The monoisotopic (exact) mass is 748 g/mol. The van der Waals surface area contributed by atoms with Gasteiger partial charge in [-0.25, -0.2) is 13.2 Å². The highest BCUT2D eigenvalue weighted by Crippen LogP contribution is 2.42. The molecule has 11 nitrogen and oxygen atoms in total. The van der Waals surface area contributed by atoms with Crippen LogP contribution in [0.2, 0.25) is 0 Å². The number of imide groups is 1. The molecule has 3 saturated heterocycles. The maximum Gasteiger partial charge on any atom is 0.319 e. The van der Waals surface area contributed by atoms with Gasteiger partial charge in [0.1, 0.15) is 41.4 Å². The van der Waals surface area contributed by atoms with Crippen LogP contribution >= 0.6 is 0 Å². The maximum atomic E-state index is 17.3. The summed E-state index contributed by atoms with van der Waals surface area (Å²) in [6, 6.07) is 6.35. The Kier molecular flexibility index (Phi) is 10.9. The maximum absolute atomic E-state index is 17.3. The highest BCUT2D eigenvalue weighted by molar-refractivity contribution is 6.02. The fraction of sp³-hybridized carbons (Fsp3) is 0.525. The second-order valence-electron chi connectivity index (χ2n) is 14.8. The third kappa shape index (κ3) is 7.17. The summed E-state index contributed by atoms with van der Waals surface area (Å²) in [7, 11) is 2.99. The van der Waals surface area contributed by atoms with Gasteiger partial charge in [0.15, 0.2) is 12.6 Å². The van der Waals surface area contributed by atoms with Crippen molar-refractivity contribution < 1.29 is 37.0 Å². The van der Waals surface area contributed by atoms with Crippen LogP contribution in [0, 0.1) is 17.6 Å². The Labute approximate surface area is 312 Å². The molecular formula is C40H47F3N6O5. The molecule has 0 saturated carbocycles. The molecule has 4 aromatic rings. The largest absolute Gasteiger partial charge is 0.468 e. The normalized spacial score (nSPS) is 21.9. The van der Waals surface area contributed by atoms with Crippen molar-refractivity contribution in [2.24, 2.45) is 5.92 Å². The Morgan fingerprint density at radius 3 is 2.67 bits per heavy atom. The third-order valence-corrected chi connectivity index (χ3v) is 11.4. The van der Waals surface area contributed by atoms with E-state index in [0.29, 0.717) is 84.2 Å². The van der Waals surface area contributed by atoms with Gasteiger partial charge in [-0.05, 0) is 79.6 Å². The van der Waals surface area contributed by atoms with Gasteiger partial charge in [-0.2, -0.15) is 9.97 Å². The number of aryl methyl sites for hydroxylation is 1. The van der Waals surface area contributed by atoms with E-state index >= 15 is 8.78 Å². The smallest absolute Gasteiger partial charge is 0.319 e. The van der Waals surface area contributed by atoms with Gasteiger partial charge in [-0.3, -0.25) is 24.4 Å². The van der Waals surface area contributed by atoms with Crippen molar-refractivity contribution in [1.29, 1.82) is 0 Å². The Hall–Kier alpha value is -4.56. The molecule has 7 rings (SSSR count). The number of ether oxygens (including phenoxy) is 3. The van der Waals surface area contributed by atoms with Crippen molar-refractivity contribution in [3.8, 4) is 23.0 Å². The van der Waals surface area contributed by atoms with Crippen molar-refractivity contribution in [2.45, 2.75) is 76.9 Å². The molecule has 1 unspecified atom stereocenters. The number of methoxy groups -OCH3 is 1. The molecule has 5 heterocycles. The number of alkyl halides is 1. The van der Waals surface area contributed by atoms with Crippen LogP contribution in [-0.4, -0.2) is 102 Å². The van der Waals surface area contributed by atoms with E-state index in [1.54, 1.807) is 18.2 Å². The van der Waals surface area contributed by atoms with Gasteiger partial charge >= 0.3 is 6.01 Å². The number of hydrogen-bond acceptors (Lipinski definition) is 10. The second-order valence-corrected chi connectivity index (χ2v) is 14.8. The number of amides is 2. The van der Waals surface area contributed by atoms with Gasteiger partial charge in [0.05, 0.1) is 10.9 Å². The lowest BCUT2D eigenvalue weighted by Crippen LogP contribution is -2.43. The van der Waals surface area contributed by atoms with E-state index in [4.69, 9.17) is 19.2 Å². The average molecular weight is 749 g/mol. The molecule has 0 radical (unpaired) electrons. The number of hydrogen-bond donors (Lipinski definition) is 0. The minimum Gasteiger partial charge on any atom is -0.468 e. The Morgan fingerprint density at radius 1 is 1.06 bits per heavy atom. The van der Waals surface area contributed by atoms with Crippen LogP contribution < -0.4 is 14.4 Å². The molecule has 14 heteroatoms. The van der Waals surface area contributed by atoms with Crippen molar-refractivity contribution in [3.63, 3.8) is 0 Å². The van der Waals surface area contributed by atoms with Crippen molar-refractivity contribution >= 4 is 39.3 Å². The molecule has 54 heavy (non-hydrogen) atoms. The van der Waals surface area contributed by atoms with Crippen LogP contribution in [0.4, 0.5) is 19.0 Å². The molecule has 0 spiro atoms. The predicted octanol–water partition coefficient (Wildman–Crippen LogP) is 6.63. The minimum absolute atomic E-state index is 0.0348. The molecule has 2 aromatic heterocycles. The lowest BCUT2D eigenvalue weighted by atomic mass is 9.94. The van der Waals surface area contributed by atoms with E-state index in [-0.39, 0.29) is 48.4 Å². The fourth-order valence-electron chi connectivity index (χ4n) is 8.54. The van der Waals surface area contributed by atoms with Gasteiger partial charge in [0.2, 0.25) is 11.8 Å². The summed E-state index contributed by atoms with van der Waals surface area (Å²) in [5, 5.41) is 1.50. The molecule has 2 amide bonds. The lowest BCUT2D eigenvalue weighted by molar-refractivity contribution is -0.144. The molecule has 288 valence electrons. The standard InChI is InChI=1S/C40H47F3N6O5/c1-5-29-32(42)11-10-26-17-28(54-23-52-4)18-30(33(26)29)35-34(43)36-31(20-44-35)37(48-14-7-6-9-25(12-16-48)38(51)47(3)24(2)50)46-39(45-36)53-22-40-13-8-15-49(40)21-27(41)19-40/h10-11,17-18,20,25,27H,5-9,12-16,19,21-23H2,1-4H3/t25?,27-,40+/m1/s1. The molecule has 3 fully saturated rings. The first-order valence-corrected chi connectivity index (χ1v) is 18.8. The van der Waals surface area contributed by atoms with E-state index < -0.39 is 23.3 Å². The van der Waals surface area contributed by atoms with Crippen LogP contribution in [0.5, 0.6) is 11.8 Å². The van der Waals surface area contributed by atoms with Crippen molar-refractivity contribution in [1.82, 2.24) is 24.8 Å². The number of benzene rings is 2. The van der Waals surface area contributed by atoms with Crippen LogP contribution in [0.1, 0.15) is 64.4 Å². The van der Waals surface area contributed by atoms with Gasteiger partial charge < -0.3 is 19.1 Å². The number of carbonyl (C=O) groups excluding carboxylic acids is 2. The molecule has 2 aromatic carbocycles. The van der Waals surface area contributed by atoms with Crippen molar-refractivity contribution in [2.75, 3.05) is 58.6 Å². The molecular weight excluding hydrogens is 701 g/mol. The number of nitrogens with zero attached hydrogens (tertiary/aromatic N) is 6. The fourth-order valence-corrected chi connectivity index (χ4v) is 8.54. The number of anilines is 1. The van der Waals surface area contributed by atoms with E-state index in [9.17, 15) is 14.0 Å². The van der Waals surface area contributed by atoms with Gasteiger partial charge in [-0.15, -0.1) is 0 Å². The summed E-state index contributed by atoms with van der Waals surface area (Å²) in [4.78, 5) is 44.6. The molecule has 3 aliphatic heterocycles. The molecule has 0 aliphatic carbocycles. The molecule has 0 N–H and O–H groups in total. The third-order valence-electron chi connectivity index (χ3n) is 11.4. The highest BCUT2D eigenvalue weighted by Gasteiger charge is 2.49. The summed E-state index contributed by atoms with van der Waals surface area (Å²) >= 11 is 0. The van der Waals surface area contributed by atoms with E-state index in [2.05, 4.69) is 14.9 Å². The van der Waals surface area contributed by atoms with Crippen LogP contribution in [-0.2, 0) is 20.7 Å². The Bertz CT molecular complexity index is 2070. The van der Waals surface area contributed by atoms with E-state index in [1.165, 1.54) is 33.3 Å². The summed E-state index contributed by atoms with van der Waals surface area (Å²) in [6.07, 6.45) is 5.55. The summed E-state index contributed by atoms with van der Waals surface area (Å²) in [6.45, 7) is 5.41. The van der Waals surface area contributed by atoms with Crippen LogP contribution in [0.25, 0.3) is 32.9 Å². The van der Waals surface area contributed by atoms with Gasteiger partial charge in [-0.1, -0.05) is 19.4 Å². The molecule has 3 atom stereocenters. The zero-order valence-corrected chi connectivity index (χ0v) is 31.3. The lowest BCUT2D eigenvalue weighted by Gasteiger charge is -2.32. The minimum atomic E-state index is -0.955. The SMILES string of the molecule is CCc1c(F)ccc2cc(OCOC)cc(-c3ncc4c(N5CCCCC(C(=O)N(C)C(C)=O)CC5)nc(OC[C@@]56CCCN5C[C@H](F)C6)nc4c3F)c12. The Morgan fingerprint density at radius 2 is 1.89 bits per heavy atom. The first kappa shape index (κ1) is 37.7. The second kappa shape index (κ2) is 15.7. The summed E-state index contributed by atoms with van der Waals surface area (Å²) in [5.41, 5.74) is 0.178. The predicted molar refractivity (Wildman–Crippen MR) is 198 cm³/mol. The number of halogens is 3. The average Bonchev–Trinajstić information content (AvgIpc) is 3.68. The van der Waals surface area contributed by atoms with Crippen molar-refractivity contribution in [3.05, 3.63) is 47.7 Å². The first-order chi connectivity index (χ1) is 26.0. The molecule has 3 aliphatic rings. The van der Waals surface area contributed by atoms with Crippen LogP contribution in [0.15, 0.2) is 30.5 Å². The van der Waals surface area contributed by atoms with Gasteiger partial charge in [0, 0.05) is 64.8 Å². The zero-order valence-electron chi connectivity index (χ0n) is 31.3. The number of aromatic nitrogens is 3. The number of pyridine rings is 1. The molecule has 0 bridgehead atoms. The van der Waals surface area contributed by atoms with E-state index in [0.717, 1.165) is 37.1 Å².